The molecule has 0 aliphatic carbocycles. The molecule has 156 valence electrons. The molecule has 3 aromatic carbocycles. The molecule has 0 heterocycles. The number of benzene rings is 3. The van der Waals surface area contributed by atoms with Gasteiger partial charge in [-0.3, -0.25) is 4.79 Å². The van der Waals surface area contributed by atoms with Gasteiger partial charge in [0.15, 0.2) is 0 Å². The van der Waals surface area contributed by atoms with Crippen molar-refractivity contribution in [2.45, 2.75) is 26.4 Å². The summed E-state index contributed by atoms with van der Waals surface area (Å²) in [5, 5.41) is 6.04. The van der Waals surface area contributed by atoms with Gasteiger partial charge in [0.1, 0.15) is 11.5 Å². The molecular weight excluding hydrogens is 376 g/mol. The minimum atomic E-state index is -0.148. The van der Waals surface area contributed by atoms with Gasteiger partial charge in [-0.1, -0.05) is 48.5 Å². The van der Waals surface area contributed by atoms with Crippen LogP contribution in [0.15, 0.2) is 78.9 Å². The van der Waals surface area contributed by atoms with E-state index in [1.54, 1.807) is 0 Å². The van der Waals surface area contributed by atoms with Crippen LogP contribution in [0.3, 0.4) is 0 Å². The van der Waals surface area contributed by atoms with Crippen LogP contribution in [0, 0.1) is 0 Å². The normalized spacial score (nSPS) is 10.5. The molecule has 5 heteroatoms. The molecule has 0 fully saturated rings. The monoisotopic (exact) mass is 404 g/mol. The van der Waals surface area contributed by atoms with Crippen molar-refractivity contribution in [2.24, 2.45) is 0 Å². The first-order valence-corrected chi connectivity index (χ1v) is 10.2. The van der Waals surface area contributed by atoms with Crippen molar-refractivity contribution in [1.29, 1.82) is 0 Å². The van der Waals surface area contributed by atoms with Crippen molar-refractivity contribution < 1.29 is 14.3 Å². The van der Waals surface area contributed by atoms with E-state index in [0.717, 1.165) is 17.9 Å². The molecule has 0 saturated carbocycles. The molecule has 0 saturated heterocycles. The predicted molar refractivity (Wildman–Crippen MR) is 121 cm³/mol. The van der Waals surface area contributed by atoms with Crippen LogP contribution < -0.4 is 20.1 Å². The molecule has 5 nitrogen and oxygen atoms in total. The molecule has 1 amide bonds. The minimum Gasteiger partial charge on any atom is -0.493 e. The van der Waals surface area contributed by atoms with Gasteiger partial charge in [0.05, 0.1) is 24.9 Å². The molecule has 30 heavy (non-hydrogen) atoms. The number of carbonyl (C=O) groups excluding carboxylic acids is 1. The van der Waals surface area contributed by atoms with E-state index in [1.807, 2.05) is 80.6 Å². The highest BCUT2D eigenvalue weighted by atomic mass is 16.5. The van der Waals surface area contributed by atoms with Crippen LogP contribution in [-0.2, 0) is 11.2 Å². The van der Waals surface area contributed by atoms with Crippen molar-refractivity contribution in [3.63, 3.8) is 0 Å². The quantitative estimate of drug-likeness (QED) is 0.491. The van der Waals surface area contributed by atoms with Crippen LogP contribution in [0.2, 0.25) is 0 Å². The standard InChI is InChI=1S/C25H28N2O3/c1-19(2)30-24-14-7-6-13-23(24)27-25(28)18-26-21-11-8-12-22(17-21)29-16-15-20-9-4-3-5-10-20/h3-14,17,19,26H,15-16,18H2,1-2H3,(H,27,28). The maximum Gasteiger partial charge on any atom is 0.243 e. The number of hydrogen-bond acceptors (Lipinski definition) is 4. The van der Waals surface area contributed by atoms with Crippen molar-refractivity contribution in [1.82, 2.24) is 0 Å². The van der Waals surface area contributed by atoms with E-state index in [-0.39, 0.29) is 18.6 Å². The zero-order valence-corrected chi connectivity index (χ0v) is 17.4. The topological polar surface area (TPSA) is 59.6 Å². The Morgan fingerprint density at radius 2 is 1.70 bits per heavy atom. The maximum absolute atomic E-state index is 12.4. The summed E-state index contributed by atoms with van der Waals surface area (Å²) in [6.07, 6.45) is 0.879. The lowest BCUT2D eigenvalue weighted by Gasteiger charge is -2.15. The van der Waals surface area contributed by atoms with Crippen molar-refractivity contribution in [3.8, 4) is 11.5 Å². The highest BCUT2D eigenvalue weighted by Crippen LogP contribution is 2.25. The summed E-state index contributed by atoms with van der Waals surface area (Å²) < 4.78 is 11.6. The Balaban J connectivity index is 1.49. The van der Waals surface area contributed by atoms with Gasteiger partial charge < -0.3 is 20.1 Å². The third-order valence-corrected chi connectivity index (χ3v) is 4.31. The third kappa shape index (κ3) is 6.85. The Morgan fingerprint density at radius 3 is 2.50 bits per heavy atom. The van der Waals surface area contributed by atoms with Gasteiger partial charge in [0.2, 0.25) is 5.91 Å². The molecule has 0 aliphatic heterocycles. The second-order valence-corrected chi connectivity index (χ2v) is 7.18. The highest BCUT2D eigenvalue weighted by molar-refractivity contribution is 5.95. The highest BCUT2D eigenvalue weighted by Gasteiger charge is 2.09. The van der Waals surface area contributed by atoms with Gasteiger partial charge in [-0.25, -0.2) is 0 Å². The molecule has 0 aliphatic rings. The number of anilines is 2. The van der Waals surface area contributed by atoms with Crippen molar-refractivity contribution in [3.05, 3.63) is 84.4 Å². The van der Waals surface area contributed by atoms with Crippen LogP contribution in [-0.4, -0.2) is 25.2 Å². The van der Waals surface area contributed by atoms with Gasteiger partial charge in [-0.2, -0.15) is 0 Å². The molecule has 0 bridgehead atoms. The maximum atomic E-state index is 12.4. The SMILES string of the molecule is CC(C)Oc1ccccc1NC(=O)CNc1cccc(OCCc2ccccc2)c1. The second kappa shape index (κ2) is 10.9. The fourth-order valence-corrected chi connectivity index (χ4v) is 2.93. The van der Waals surface area contributed by atoms with Gasteiger partial charge in [0, 0.05) is 18.2 Å². The lowest BCUT2D eigenvalue weighted by molar-refractivity contribution is -0.114. The first-order chi connectivity index (χ1) is 14.6. The molecular formula is C25H28N2O3. The molecule has 2 N–H and O–H groups in total. The number of hydrogen-bond donors (Lipinski definition) is 2. The fourth-order valence-electron chi connectivity index (χ4n) is 2.93. The third-order valence-electron chi connectivity index (χ3n) is 4.31. The zero-order chi connectivity index (χ0) is 21.2. The van der Waals surface area contributed by atoms with E-state index >= 15 is 0 Å². The smallest absolute Gasteiger partial charge is 0.243 e. The fraction of sp³-hybridized carbons (Fsp3) is 0.240. The summed E-state index contributed by atoms with van der Waals surface area (Å²) in [7, 11) is 0. The van der Waals surface area contributed by atoms with Gasteiger partial charge in [-0.15, -0.1) is 0 Å². The van der Waals surface area contributed by atoms with Crippen LogP contribution in [0.5, 0.6) is 11.5 Å². The summed E-state index contributed by atoms with van der Waals surface area (Å²) in [6, 6.07) is 25.3. The van der Waals surface area contributed by atoms with Gasteiger partial charge in [0.25, 0.3) is 0 Å². The Kier molecular flexibility index (Phi) is 7.72. The number of rotatable bonds is 10. The molecule has 3 rings (SSSR count). The van der Waals surface area contributed by atoms with E-state index in [0.29, 0.717) is 18.0 Å². The van der Waals surface area contributed by atoms with Crippen LogP contribution >= 0.6 is 0 Å². The van der Waals surface area contributed by atoms with Crippen LogP contribution in [0.25, 0.3) is 0 Å². The Labute approximate surface area is 178 Å². The number of amides is 1. The van der Waals surface area contributed by atoms with E-state index in [2.05, 4.69) is 22.8 Å². The van der Waals surface area contributed by atoms with E-state index < -0.39 is 0 Å². The summed E-state index contributed by atoms with van der Waals surface area (Å²) in [6.45, 7) is 4.65. The number of nitrogens with one attached hydrogen (secondary N) is 2. The van der Waals surface area contributed by atoms with Crippen molar-refractivity contribution >= 4 is 17.3 Å². The molecule has 0 aromatic heterocycles. The first-order valence-electron chi connectivity index (χ1n) is 10.2. The summed E-state index contributed by atoms with van der Waals surface area (Å²) in [5.41, 5.74) is 2.73. The first kappa shape index (κ1) is 21.2. The summed E-state index contributed by atoms with van der Waals surface area (Å²) in [4.78, 5) is 12.4. The molecule has 3 aromatic rings. The molecule has 0 atom stereocenters. The lowest BCUT2D eigenvalue weighted by atomic mass is 10.2. The van der Waals surface area contributed by atoms with Crippen LogP contribution in [0.4, 0.5) is 11.4 Å². The number of ether oxygens (including phenoxy) is 2. The number of carbonyl (C=O) groups is 1. The molecule has 0 radical (unpaired) electrons. The Bertz CT molecular complexity index is 942. The average molecular weight is 405 g/mol. The van der Waals surface area contributed by atoms with E-state index in [9.17, 15) is 4.79 Å². The molecule has 0 unspecified atom stereocenters. The van der Waals surface area contributed by atoms with E-state index in [1.165, 1.54) is 5.56 Å². The summed E-state index contributed by atoms with van der Waals surface area (Å²) >= 11 is 0. The average Bonchev–Trinajstić information content (AvgIpc) is 2.74. The van der Waals surface area contributed by atoms with Crippen molar-refractivity contribution in [2.75, 3.05) is 23.8 Å². The van der Waals surface area contributed by atoms with Gasteiger partial charge in [-0.05, 0) is 43.7 Å². The zero-order valence-electron chi connectivity index (χ0n) is 17.4. The minimum absolute atomic E-state index is 0.0332. The lowest BCUT2D eigenvalue weighted by Crippen LogP contribution is -2.22. The Morgan fingerprint density at radius 1 is 0.933 bits per heavy atom. The predicted octanol–water partition coefficient (Wildman–Crippen LogP) is 5.15. The van der Waals surface area contributed by atoms with Gasteiger partial charge >= 0.3 is 0 Å². The molecule has 0 spiro atoms. The number of para-hydroxylation sites is 2. The van der Waals surface area contributed by atoms with E-state index in [4.69, 9.17) is 9.47 Å². The second-order valence-electron chi connectivity index (χ2n) is 7.18. The largest absolute Gasteiger partial charge is 0.493 e. The van der Waals surface area contributed by atoms with Crippen LogP contribution in [0.1, 0.15) is 19.4 Å². The summed E-state index contributed by atoms with van der Waals surface area (Å²) in [5.74, 6) is 1.28. The Hall–Kier alpha value is -3.47.